The number of alkyl halides is 3. The first-order valence-electron chi connectivity index (χ1n) is 7.19. The topological polar surface area (TPSA) is 76.4 Å². The molecule has 6 nitrogen and oxygen atoms in total. The molecule has 0 amide bonds. The molecule has 132 valence electrons. The van der Waals surface area contributed by atoms with E-state index < -0.39 is 28.4 Å². The van der Waals surface area contributed by atoms with Crippen LogP contribution in [0.5, 0.6) is 0 Å². The lowest BCUT2D eigenvalue weighted by Crippen LogP contribution is -2.21. The second-order valence-corrected chi connectivity index (χ2v) is 7.16. The highest BCUT2D eigenvalue weighted by atomic mass is 32.2. The van der Waals surface area contributed by atoms with Crippen LogP contribution in [0.1, 0.15) is 6.42 Å². The molecule has 0 aliphatic carbocycles. The van der Waals surface area contributed by atoms with Gasteiger partial charge in [0.25, 0.3) is 0 Å². The number of anilines is 1. The number of hydrogen-bond acceptors (Lipinski definition) is 4. The molecule has 0 radical (unpaired) electrons. The molecule has 2 aromatic heterocycles. The molecule has 0 aliphatic heterocycles. The van der Waals surface area contributed by atoms with E-state index in [-0.39, 0.29) is 5.69 Å². The zero-order valence-corrected chi connectivity index (χ0v) is 13.5. The fourth-order valence-corrected chi connectivity index (χ4v) is 3.28. The molecule has 3 rings (SSSR count). The Morgan fingerprint density at radius 2 is 2.00 bits per heavy atom. The molecule has 0 atom stereocenters. The Labute approximate surface area is 141 Å². The molecule has 1 N–H and O–H groups in total. The molecule has 0 fully saturated rings. The van der Waals surface area contributed by atoms with E-state index >= 15 is 0 Å². The normalized spacial score (nSPS) is 12.4. The van der Waals surface area contributed by atoms with E-state index in [4.69, 9.17) is 0 Å². The number of halogens is 3. The molecule has 0 spiro atoms. The van der Waals surface area contributed by atoms with Crippen LogP contribution in [0, 0.1) is 0 Å². The van der Waals surface area contributed by atoms with Gasteiger partial charge in [-0.1, -0.05) is 12.1 Å². The summed E-state index contributed by atoms with van der Waals surface area (Å²) >= 11 is 0. The zero-order chi connectivity index (χ0) is 18.1. The van der Waals surface area contributed by atoms with Gasteiger partial charge in [-0.25, -0.2) is 18.4 Å². The largest absolute Gasteiger partial charge is 0.390 e. The van der Waals surface area contributed by atoms with E-state index in [0.717, 1.165) is 0 Å². The van der Waals surface area contributed by atoms with Crippen LogP contribution in [0.3, 0.4) is 0 Å². The van der Waals surface area contributed by atoms with Crippen molar-refractivity contribution in [2.45, 2.75) is 12.6 Å². The Hall–Kier alpha value is -2.62. The van der Waals surface area contributed by atoms with Crippen LogP contribution in [-0.2, 0) is 10.0 Å². The maximum absolute atomic E-state index is 12.2. The molecule has 2 heterocycles. The van der Waals surface area contributed by atoms with Crippen molar-refractivity contribution in [3.8, 4) is 11.3 Å². The number of nitrogens with one attached hydrogen (secondary N) is 1. The van der Waals surface area contributed by atoms with Crippen molar-refractivity contribution < 1.29 is 21.6 Å². The van der Waals surface area contributed by atoms with Gasteiger partial charge in [-0.05, 0) is 18.2 Å². The van der Waals surface area contributed by atoms with Crippen LogP contribution in [-0.4, -0.2) is 34.7 Å². The molecule has 0 bridgehead atoms. The SMILES string of the molecule is O=S(=O)(CCC(F)(F)F)Nc1cccc(-c2cn3cccnc3n2)c1. The fourth-order valence-electron chi connectivity index (χ4n) is 2.19. The summed E-state index contributed by atoms with van der Waals surface area (Å²) in [6.07, 6.45) is -0.848. The van der Waals surface area contributed by atoms with E-state index in [2.05, 4.69) is 14.7 Å². The van der Waals surface area contributed by atoms with Gasteiger partial charge < -0.3 is 0 Å². The monoisotopic (exact) mass is 370 g/mol. The number of hydrogen-bond donors (Lipinski definition) is 1. The third-order valence-electron chi connectivity index (χ3n) is 3.32. The number of imidazole rings is 1. The summed E-state index contributed by atoms with van der Waals surface area (Å²) in [6.45, 7) is 0. The van der Waals surface area contributed by atoms with Gasteiger partial charge in [-0.2, -0.15) is 13.2 Å². The second-order valence-electron chi connectivity index (χ2n) is 5.32. The number of nitrogens with zero attached hydrogens (tertiary/aromatic N) is 3. The lowest BCUT2D eigenvalue weighted by atomic mass is 10.1. The van der Waals surface area contributed by atoms with Crippen molar-refractivity contribution in [2.75, 3.05) is 10.5 Å². The minimum absolute atomic E-state index is 0.171. The summed E-state index contributed by atoms with van der Waals surface area (Å²) in [7, 11) is -4.10. The van der Waals surface area contributed by atoms with Crippen LogP contribution in [0.25, 0.3) is 17.0 Å². The fraction of sp³-hybridized carbons (Fsp3) is 0.200. The van der Waals surface area contributed by atoms with Gasteiger partial charge in [0, 0.05) is 29.8 Å². The van der Waals surface area contributed by atoms with Crippen molar-refractivity contribution in [1.82, 2.24) is 14.4 Å². The lowest BCUT2D eigenvalue weighted by Gasteiger charge is -2.10. The molecule has 0 unspecified atom stereocenters. The highest BCUT2D eigenvalue weighted by molar-refractivity contribution is 7.92. The van der Waals surface area contributed by atoms with Gasteiger partial charge in [0.15, 0.2) is 0 Å². The van der Waals surface area contributed by atoms with Crippen LogP contribution in [0.2, 0.25) is 0 Å². The third kappa shape index (κ3) is 4.47. The van der Waals surface area contributed by atoms with E-state index in [1.165, 1.54) is 12.1 Å². The predicted molar refractivity (Wildman–Crippen MR) is 86.5 cm³/mol. The quantitative estimate of drug-likeness (QED) is 0.749. The third-order valence-corrected chi connectivity index (χ3v) is 4.61. The average molecular weight is 370 g/mol. The van der Waals surface area contributed by atoms with Gasteiger partial charge in [0.1, 0.15) is 0 Å². The molecule has 10 heteroatoms. The summed E-state index contributed by atoms with van der Waals surface area (Å²) in [5.41, 5.74) is 1.35. The zero-order valence-electron chi connectivity index (χ0n) is 12.7. The van der Waals surface area contributed by atoms with Crippen LogP contribution < -0.4 is 4.72 Å². The number of benzene rings is 1. The molecular formula is C15H13F3N4O2S. The van der Waals surface area contributed by atoms with Crippen LogP contribution in [0.15, 0.2) is 48.9 Å². The Balaban J connectivity index is 1.82. The van der Waals surface area contributed by atoms with Crippen molar-refractivity contribution in [2.24, 2.45) is 0 Å². The van der Waals surface area contributed by atoms with Crippen molar-refractivity contribution in [3.63, 3.8) is 0 Å². The van der Waals surface area contributed by atoms with Gasteiger partial charge in [-0.15, -0.1) is 0 Å². The van der Waals surface area contributed by atoms with Crippen molar-refractivity contribution in [3.05, 3.63) is 48.9 Å². The van der Waals surface area contributed by atoms with Gasteiger partial charge in [0.2, 0.25) is 15.8 Å². The highest BCUT2D eigenvalue weighted by Gasteiger charge is 2.29. The molecule has 0 saturated heterocycles. The van der Waals surface area contributed by atoms with Gasteiger partial charge in [0.05, 0.1) is 17.9 Å². The summed E-state index contributed by atoms with van der Waals surface area (Å²) in [5, 5.41) is 0. The molecule has 25 heavy (non-hydrogen) atoms. The minimum Gasteiger partial charge on any atom is -0.291 e. The first kappa shape index (κ1) is 17.2. The number of fused-ring (bicyclic) bond motifs is 1. The molecule has 0 saturated carbocycles. The Bertz CT molecular complexity index is 966. The molecule has 0 aliphatic rings. The Kier molecular flexibility index (Phi) is 4.38. The van der Waals surface area contributed by atoms with E-state index in [1.54, 1.807) is 41.2 Å². The first-order chi connectivity index (χ1) is 11.7. The molecule has 1 aromatic carbocycles. The molecule has 3 aromatic rings. The maximum Gasteiger partial charge on any atom is 0.390 e. The summed E-state index contributed by atoms with van der Waals surface area (Å²) in [6, 6.07) is 8.02. The van der Waals surface area contributed by atoms with Gasteiger partial charge >= 0.3 is 6.18 Å². The average Bonchev–Trinajstić information content (AvgIpc) is 2.96. The van der Waals surface area contributed by atoms with E-state index in [1.807, 2.05) is 0 Å². The minimum atomic E-state index is -4.53. The summed E-state index contributed by atoms with van der Waals surface area (Å²) < 4.78 is 64.1. The number of aromatic nitrogens is 3. The van der Waals surface area contributed by atoms with Crippen molar-refractivity contribution >= 4 is 21.5 Å². The van der Waals surface area contributed by atoms with E-state index in [0.29, 0.717) is 17.0 Å². The highest BCUT2D eigenvalue weighted by Crippen LogP contribution is 2.24. The standard InChI is InChI=1S/C15H13F3N4O2S/c16-15(17,18)5-8-25(23,24)21-12-4-1-3-11(9-12)13-10-22-7-2-6-19-14(22)20-13/h1-4,6-7,9-10,21H,5,8H2. The van der Waals surface area contributed by atoms with Gasteiger partial charge in [-0.3, -0.25) is 9.12 Å². The number of sulfonamides is 1. The lowest BCUT2D eigenvalue weighted by molar-refractivity contribution is -0.129. The second kappa shape index (κ2) is 6.36. The summed E-state index contributed by atoms with van der Waals surface area (Å²) in [4.78, 5) is 8.41. The molecular weight excluding hydrogens is 357 g/mol. The van der Waals surface area contributed by atoms with Crippen LogP contribution in [0.4, 0.5) is 18.9 Å². The Morgan fingerprint density at radius 3 is 2.72 bits per heavy atom. The number of rotatable bonds is 5. The van der Waals surface area contributed by atoms with Crippen molar-refractivity contribution in [1.29, 1.82) is 0 Å². The predicted octanol–water partition coefficient (Wildman–Crippen LogP) is 3.09. The van der Waals surface area contributed by atoms with Crippen LogP contribution >= 0.6 is 0 Å². The van der Waals surface area contributed by atoms with E-state index in [9.17, 15) is 21.6 Å². The summed E-state index contributed by atoms with van der Waals surface area (Å²) in [5.74, 6) is -0.549. The first-order valence-corrected chi connectivity index (χ1v) is 8.84. The Morgan fingerprint density at radius 1 is 1.20 bits per heavy atom. The maximum atomic E-state index is 12.2. The smallest absolute Gasteiger partial charge is 0.291 e.